The highest BCUT2D eigenvalue weighted by atomic mass is 16.5. The number of methoxy groups -OCH3 is 1. The molecule has 0 saturated carbocycles. The molecular formula is C22H24N4O3. The van der Waals surface area contributed by atoms with Crippen LogP contribution < -0.4 is 10.1 Å². The molecule has 1 amide bonds. The summed E-state index contributed by atoms with van der Waals surface area (Å²) in [6.07, 6.45) is 1.78. The third-order valence-corrected chi connectivity index (χ3v) is 5.17. The van der Waals surface area contributed by atoms with Crippen molar-refractivity contribution < 1.29 is 14.1 Å². The lowest BCUT2D eigenvalue weighted by Crippen LogP contribution is -2.39. The fraction of sp³-hybridized carbons (Fsp3) is 0.318. The largest absolute Gasteiger partial charge is 0.497 e. The van der Waals surface area contributed by atoms with E-state index in [0.29, 0.717) is 18.3 Å². The van der Waals surface area contributed by atoms with Crippen molar-refractivity contribution in [2.24, 2.45) is 0 Å². The van der Waals surface area contributed by atoms with Gasteiger partial charge in [-0.1, -0.05) is 35.5 Å². The predicted octanol–water partition coefficient (Wildman–Crippen LogP) is 3.66. The van der Waals surface area contributed by atoms with E-state index in [4.69, 9.17) is 9.26 Å². The Morgan fingerprint density at radius 2 is 2.03 bits per heavy atom. The van der Waals surface area contributed by atoms with Crippen molar-refractivity contribution >= 4 is 11.6 Å². The van der Waals surface area contributed by atoms with E-state index in [0.717, 1.165) is 42.0 Å². The Balaban J connectivity index is 1.50. The van der Waals surface area contributed by atoms with Gasteiger partial charge in [0.1, 0.15) is 5.75 Å². The second-order valence-electron chi connectivity index (χ2n) is 7.12. The Morgan fingerprint density at radius 1 is 1.24 bits per heavy atom. The Kier molecular flexibility index (Phi) is 5.57. The number of ether oxygens (including phenoxy) is 1. The summed E-state index contributed by atoms with van der Waals surface area (Å²) in [6, 6.07) is 15.4. The number of aromatic nitrogens is 2. The highest BCUT2D eigenvalue weighted by Crippen LogP contribution is 2.30. The van der Waals surface area contributed by atoms with Crippen LogP contribution in [0.15, 0.2) is 53.1 Å². The first-order valence-electron chi connectivity index (χ1n) is 9.71. The van der Waals surface area contributed by atoms with Crippen molar-refractivity contribution in [2.75, 3.05) is 19.0 Å². The first-order valence-corrected chi connectivity index (χ1v) is 9.71. The van der Waals surface area contributed by atoms with E-state index in [9.17, 15) is 4.79 Å². The number of nitrogens with one attached hydrogen (secondary N) is 1. The van der Waals surface area contributed by atoms with E-state index >= 15 is 0 Å². The van der Waals surface area contributed by atoms with Crippen LogP contribution in [0.4, 0.5) is 5.69 Å². The van der Waals surface area contributed by atoms with Crippen LogP contribution in [-0.2, 0) is 11.3 Å². The zero-order chi connectivity index (χ0) is 20.2. The van der Waals surface area contributed by atoms with E-state index in [-0.39, 0.29) is 11.9 Å². The number of aryl methyl sites for hydroxylation is 1. The molecule has 2 heterocycles. The van der Waals surface area contributed by atoms with Crippen molar-refractivity contribution in [1.29, 1.82) is 0 Å². The molecule has 1 fully saturated rings. The van der Waals surface area contributed by atoms with Gasteiger partial charge in [0.15, 0.2) is 5.82 Å². The lowest BCUT2D eigenvalue weighted by Gasteiger charge is -2.23. The molecule has 1 aromatic heterocycles. The minimum atomic E-state index is -0.210. The van der Waals surface area contributed by atoms with Gasteiger partial charge >= 0.3 is 0 Å². The van der Waals surface area contributed by atoms with E-state index in [2.05, 4.69) is 20.4 Å². The van der Waals surface area contributed by atoms with Crippen molar-refractivity contribution in [1.82, 2.24) is 15.0 Å². The summed E-state index contributed by atoms with van der Waals surface area (Å²) in [5, 5.41) is 7.08. The van der Waals surface area contributed by atoms with Gasteiger partial charge in [-0.25, -0.2) is 0 Å². The molecule has 0 spiro atoms. The number of hydrogen-bond acceptors (Lipinski definition) is 6. The highest BCUT2D eigenvalue weighted by molar-refractivity contribution is 5.98. The number of para-hydroxylation sites is 1. The van der Waals surface area contributed by atoms with Crippen LogP contribution in [-0.4, -0.2) is 40.6 Å². The van der Waals surface area contributed by atoms with Crippen molar-refractivity contribution in [3.8, 4) is 16.9 Å². The second kappa shape index (κ2) is 8.45. The quantitative estimate of drug-likeness (QED) is 0.690. The molecule has 4 rings (SSSR count). The number of rotatable bonds is 6. The number of anilines is 1. The summed E-state index contributed by atoms with van der Waals surface area (Å²) in [5.74, 6) is 1.94. The average Bonchev–Trinajstić information content (AvgIpc) is 3.37. The van der Waals surface area contributed by atoms with Gasteiger partial charge in [0.2, 0.25) is 11.8 Å². The minimum absolute atomic E-state index is 0.0105. The summed E-state index contributed by atoms with van der Waals surface area (Å²) in [6.45, 7) is 3.11. The molecule has 7 heteroatoms. The third kappa shape index (κ3) is 4.30. The number of hydrogen-bond donors (Lipinski definition) is 1. The molecule has 0 bridgehead atoms. The molecule has 150 valence electrons. The van der Waals surface area contributed by atoms with Crippen LogP contribution in [0.1, 0.15) is 24.6 Å². The van der Waals surface area contributed by atoms with Gasteiger partial charge < -0.3 is 14.6 Å². The van der Waals surface area contributed by atoms with E-state index in [1.54, 1.807) is 14.0 Å². The first-order chi connectivity index (χ1) is 14.1. The molecule has 3 aromatic rings. The van der Waals surface area contributed by atoms with Crippen LogP contribution in [0.3, 0.4) is 0 Å². The first kappa shape index (κ1) is 19.1. The van der Waals surface area contributed by atoms with Crippen LogP contribution >= 0.6 is 0 Å². The van der Waals surface area contributed by atoms with Crippen molar-refractivity contribution in [3.63, 3.8) is 0 Å². The molecular weight excluding hydrogens is 368 g/mol. The smallest absolute Gasteiger partial charge is 0.241 e. The third-order valence-electron chi connectivity index (χ3n) is 5.17. The number of carbonyl (C=O) groups is 1. The zero-order valence-electron chi connectivity index (χ0n) is 16.6. The van der Waals surface area contributed by atoms with Crippen molar-refractivity contribution in [2.45, 2.75) is 32.4 Å². The van der Waals surface area contributed by atoms with Crippen LogP contribution in [0.25, 0.3) is 11.1 Å². The van der Waals surface area contributed by atoms with Gasteiger partial charge in [0.25, 0.3) is 0 Å². The minimum Gasteiger partial charge on any atom is -0.497 e. The maximum Gasteiger partial charge on any atom is 0.241 e. The van der Waals surface area contributed by atoms with Gasteiger partial charge in [-0.05, 0) is 43.1 Å². The van der Waals surface area contributed by atoms with E-state index < -0.39 is 0 Å². The van der Waals surface area contributed by atoms with Gasteiger partial charge in [-0.15, -0.1) is 0 Å². The lowest BCUT2D eigenvalue weighted by atomic mass is 10.0. The molecule has 2 aromatic carbocycles. The number of benzene rings is 2. The molecule has 1 N–H and O–H groups in total. The monoisotopic (exact) mass is 392 g/mol. The molecule has 0 radical (unpaired) electrons. The Morgan fingerprint density at radius 3 is 2.76 bits per heavy atom. The topological polar surface area (TPSA) is 80.5 Å². The SMILES string of the molecule is COc1ccc(-c2ccccc2NC(=O)[C@@H]2CCCN2Cc2noc(C)n2)cc1. The summed E-state index contributed by atoms with van der Waals surface area (Å²) in [5.41, 5.74) is 2.79. The maximum absolute atomic E-state index is 13.1. The Hall–Kier alpha value is -3.19. The van der Waals surface area contributed by atoms with Gasteiger partial charge in [0, 0.05) is 18.2 Å². The number of amides is 1. The van der Waals surface area contributed by atoms with E-state index in [1.165, 1.54) is 0 Å². The fourth-order valence-electron chi connectivity index (χ4n) is 3.73. The molecule has 1 aliphatic heterocycles. The molecule has 1 saturated heterocycles. The van der Waals surface area contributed by atoms with Gasteiger partial charge in [-0.2, -0.15) is 4.98 Å². The van der Waals surface area contributed by atoms with Crippen LogP contribution in [0, 0.1) is 6.92 Å². The Bertz CT molecular complexity index is 984. The molecule has 7 nitrogen and oxygen atoms in total. The standard InChI is InChI=1S/C22H24N4O3/c1-15-23-21(25-29-15)14-26-13-5-8-20(26)22(27)24-19-7-4-3-6-18(19)16-9-11-17(28-2)12-10-16/h3-4,6-7,9-12,20H,5,8,13-14H2,1-2H3,(H,24,27)/t20-/m0/s1. The average molecular weight is 392 g/mol. The number of carbonyl (C=O) groups excluding carboxylic acids is 1. The normalized spacial score (nSPS) is 16.7. The predicted molar refractivity (Wildman–Crippen MR) is 110 cm³/mol. The summed E-state index contributed by atoms with van der Waals surface area (Å²) < 4.78 is 10.3. The van der Waals surface area contributed by atoms with Gasteiger partial charge in [0.05, 0.1) is 19.7 Å². The van der Waals surface area contributed by atoms with Crippen LogP contribution in [0.2, 0.25) is 0 Å². The lowest BCUT2D eigenvalue weighted by molar-refractivity contribution is -0.120. The van der Waals surface area contributed by atoms with E-state index in [1.807, 2.05) is 48.5 Å². The van der Waals surface area contributed by atoms with Crippen molar-refractivity contribution in [3.05, 3.63) is 60.2 Å². The molecule has 1 atom stereocenters. The molecule has 0 unspecified atom stereocenters. The highest BCUT2D eigenvalue weighted by Gasteiger charge is 2.32. The fourth-order valence-corrected chi connectivity index (χ4v) is 3.73. The summed E-state index contributed by atoms with van der Waals surface area (Å²) in [7, 11) is 1.65. The summed E-state index contributed by atoms with van der Waals surface area (Å²) in [4.78, 5) is 19.4. The zero-order valence-corrected chi connectivity index (χ0v) is 16.6. The van der Waals surface area contributed by atoms with Crippen LogP contribution in [0.5, 0.6) is 5.75 Å². The molecule has 29 heavy (non-hydrogen) atoms. The van der Waals surface area contributed by atoms with Gasteiger partial charge in [-0.3, -0.25) is 9.69 Å². The number of likely N-dealkylation sites (tertiary alicyclic amines) is 1. The number of nitrogens with zero attached hydrogens (tertiary/aromatic N) is 3. The molecule has 1 aliphatic rings. The second-order valence-corrected chi connectivity index (χ2v) is 7.12. The maximum atomic E-state index is 13.1. The Labute approximate surface area is 169 Å². The summed E-state index contributed by atoms with van der Waals surface area (Å²) >= 11 is 0. The molecule has 0 aliphatic carbocycles.